The van der Waals surface area contributed by atoms with Crippen LogP contribution in [0.4, 0.5) is 5.69 Å². The predicted molar refractivity (Wildman–Crippen MR) is 146 cm³/mol. The molecule has 0 amide bonds. The summed E-state index contributed by atoms with van der Waals surface area (Å²) in [6.07, 6.45) is 6.68. The van der Waals surface area contributed by atoms with Gasteiger partial charge in [0, 0.05) is 49.6 Å². The molecule has 0 radical (unpaired) electrons. The van der Waals surface area contributed by atoms with Crippen LogP contribution in [0.25, 0.3) is 22.5 Å². The summed E-state index contributed by atoms with van der Waals surface area (Å²) in [5.41, 5.74) is 7.05. The lowest BCUT2D eigenvalue weighted by Crippen LogP contribution is -2.31. The van der Waals surface area contributed by atoms with E-state index in [2.05, 4.69) is 71.0 Å². The first-order chi connectivity index (χ1) is 17.5. The molecule has 1 N–H and O–H groups in total. The number of benzene rings is 2. The van der Waals surface area contributed by atoms with Crippen LogP contribution in [0.2, 0.25) is 0 Å². The number of hydrogen-bond donors (Lipinski definition) is 1. The Balaban J connectivity index is 1.46. The van der Waals surface area contributed by atoms with Crippen molar-refractivity contribution in [1.82, 2.24) is 14.9 Å². The lowest BCUT2D eigenvalue weighted by atomic mass is 10.0. The lowest BCUT2D eigenvalue weighted by molar-refractivity contribution is 0.346. The topological polar surface area (TPSA) is 65.4 Å². The van der Waals surface area contributed by atoms with Gasteiger partial charge >= 0.3 is 0 Å². The monoisotopic (exact) mass is 482 g/mol. The van der Waals surface area contributed by atoms with E-state index in [0.29, 0.717) is 23.6 Å². The van der Waals surface area contributed by atoms with Crippen molar-refractivity contribution in [2.75, 3.05) is 38.1 Å². The summed E-state index contributed by atoms with van der Waals surface area (Å²) < 4.78 is 6.24. The Bertz CT molecular complexity index is 1400. The first-order valence-corrected chi connectivity index (χ1v) is 12.7. The number of aromatic nitrogens is 2. The van der Waals surface area contributed by atoms with Crippen LogP contribution < -0.4 is 10.5 Å². The highest BCUT2D eigenvalue weighted by molar-refractivity contribution is 5.76. The summed E-state index contributed by atoms with van der Waals surface area (Å²) in [6, 6.07) is 16.4. The van der Waals surface area contributed by atoms with E-state index in [1.165, 1.54) is 42.6 Å². The van der Waals surface area contributed by atoms with Gasteiger partial charge < -0.3 is 19.2 Å². The van der Waals surface area contributed by atoms with E-state index in [-0.39, 0.29) is 5.56 Å². The molecule has 0 unspecified atom stereocenters. The Kier molecular flexibility index (Phi) is 7.05. The fourth-order valence-electron chi connectivity index (χ4n) is 4.88. The number of rotatable bonds is 8. The standard InChI is InChI=1S/C30H34N4O2/c1-21-8-9-22(2)23(15-21)19-29-32-20-28(36-29)25-16-24(27-7-6-10-31-30(27)35)17-26(18-25)33(3)13-14-34-11-4-5-12-34/h6-10,15-18,20H,4-5,11-14,19H2,1-3H3,(H,31,35). The van der Waals surface area contributed by atoms with Crippen LogP contribution in [0, 0.1) is 13.8 Å². The minimum atomic E-state index is -0.103. The Labute approximate surface area is 212 Å². The number of aromatic amines is 1. The lowest BCUT2D eigenvalue weighted by Gasteiger charge is -2.24. The molecule has 36 heavy (non-hydrogen) atoms. The third-order valence-electron chi connectivity index (χ3n) is 7.12. The van der Waals surface area contributed by atoms with Crippen LogP contribution in [0.5, 0.6) is 0 Å². The fraction of sp³-hybridized carbons (Fsp3) is 0.333. The van der Waals surface area contributed by atoms with E-state index in [1.54, 1.807) is 12.4 Å². The van der Waals surface area contributed by atoms with Crippen LogP contribution in [-0.2, 0) is 6.42 Å². The van der Waals surface area contributed by atoms with Crippen LogP contribution in [0.3, 0.4) is 0 Å². The molecule has 6 heteroatoms. The first-order valence-electron chi connectivity index (χ1n) is 12.7. The Morgan fingerprint density at radius 1 is 1.06 bits per heavy atom. The highest BCUT2D eigenvalue weighted by Crippen LogP contribution is 2.31. The number of pyridine rings is 1. The van der Waals surface area contributed by atoms with E-state index >= 15 is 0 Å². The van der Waals surface area contributed by atoms with Crippen LogP contribution in [0.1, 0.15) is 35.4 Å². The SMILES string of the molecule is Cc1ccc(C)c(Cc2ncc(-c3cc(-c4ccc[nH]c4=O)cc(N(C)CCN4CCCC4)c3)o2)c1. The number of nitrogens with one attached hydrogen (secondary N) is 1. The number of oxazole rings is 1. The molecule has 4 aromatic rings. The van der Waals surface area contributed by atoms with Crippen LogP contribution in [0.15, 0.2) is 70.1 Å². The van der Waals surface area contributed by atoms with Gasteiger partial charge in [-0.25, -0.2) is 4.98 Å². The molecular formula is C30H34N4O2. The maximum Gasteiger partial charge on any atom is 0.255 e. The molecule has 186 valence electrons. The van der Waals surface area contributed by atoms with Crippen LogP contribution >= 0.6 is 0 Å². The maximum atomic E-state index is 12.6. The van der Waals surface area contributed by atoms with Gasteiger partial charge in [-0.1, -0.05) is 23.8 Å². The molecule has 1 fully saturated rings. The second kappa shape index (κ2) is 10.5. The predicted octanol–water partition coefficient (Wildman–Crippen LogP) is 5.44. The molecule has 0 bridgehead atoms. The molecule has 3 heterocycles. The summed E-state index contributed by atoms with van der Waals surface area (Å²) in [7, 11) is 2.11. The molecule has 5 rings (SSSR count). The zero-order chi connectivity index (χ0) is 25.1. The fourth-order valence-corrected chi connectivity index (χ4v) is 4.88. The van der Waals surface area contributed by atoms with Crippen molar-refractivity contribution in [1.29, 1.82) is 0 Å². The molecule has 1 aliphatic rings. The van der Waals surface area contributed by atoms with E-state index in [4.69, 9.17) is 4.42 Å². The summed E-state index contributed by atoms with van der Waals surface area (Å²) in [5, 5.41) is 0. The number of anilines is 1. The summed E-state index contributed by atoms with van der Waals surface area (Å²) in [6.45, 7) is 8.53. The quantitative estimate of drug-likeness (QED) is 0.362. The number of likely N-dealkylation sites (N-methyl/N-ethyl adjacent to an activating group) is 1. The van der Waals surface area contributed by atoms with E-state index in [1.807, 2.05) is 18.2 Å². The van der Waals surface area contributed by atoms with Gasteiger partial charge in [-0.2, -0.15) is 0 Å². The highest BCUT2D eigenvalue weighted by Gasteiger charge is 2.16. The van der Waals surface area contributed by atoms with Gasteiger partial charge in [0.05, 0.1) is 6.20 Å². The van der Waals surface area contributed by atoms with Crippen molar-refractivity contribution in [2.24, 2.45) is 0 Å². The molecule has 0 aliphatic carbocycles. The number of aryl methyl sites for hydroxylation is 2. The smallest absolute Gasteiger partial charge is 0.255 e. The second-order valence-corrected chi connectivity index (χ2v) is 9.88. The Hall–Kier alpha value is -3.64. The third-order valence-corrected chi connectivity index (χ3v) is 7.12. The number of hydrogen-bond acceptors (Lipinski definition) is 5. The number of likely N-dealkylation sites (tertiary alicyclic amines) is 1. The molecule has 2 aromatic heterocycles. The van der Waals surface area contributed by atoms with Crippen molar-refractivity contribution in [3.63, 3.8) is 0 Å². The summed E-state index contributed by atoms with van der Waals surface area (Å²) in [5.74, 6) is 1.39. The Morgan fingerprint density at radius 3 is 2.67 bits per heavy atom. The first kappa shape index (κ1) is 24.1. The summed E-state index contributed by atoms with van der Waals surface area (Å²) >= 11 is 0. The normalized spacial score (nSPS) is 13.9. The third kappa shape index (κ3) is 5.44. The zero-order valence-corrected chi connectivity index (χ0v) is 21.4. The summed E-state index contributed by atoms with van der Waals surface area (Å²) in [4.78, 5) is 24.8. The average Bonchev–Trinajstić information content (AvgIpc) is 3.57. The Morgan fingerprint density at radius 2 is 1.86 bits per heavy atom. The van der Waals surface area contributed by atoms with Gasteiger partial charge in [-0.15, -0.1) is 0 Å². The molecule has 0 atom stereocenters. The van der Waals surface area contributed by atoms with Gasteiger partial charge in [0.2, 0.25) is 0 Å². The second-order valence-electron chi connectivity index (χ2n) is 9.88. The molecule has 2 aromatic carbocycles. The van der Waals surface area contributed by atoms with Gasteiger partial charge in [0.25, 0.3) is 5.56 Å². The minimum absolute atomic E-state index is 0.103. The molecule has 6 nitrogen and oxygen atoms in total. The van der Waals surface area contributed by atoms with Crippen molar-refractivity contribution in [3.05, 3.63) is 93.9 Å². The van der Waals surface area contributed by atoms with Gasteiger partial charge in [-0.05, 0) is 86.8 Å². The van der Waals surface area contributed by atoms with Crippen molar-refractivity contribution < 1.29 is 4.42 Å². The van der Waals surface area contributed by atoms with Gasteiger partial charge in [-0.3, -0.25) is 4.79 Å². The highest BCUT2D eigenvalue weighted by atomic mass is 16.4. The van der Waals surface area contributed by atoms with Gasteiger partial charge in [0.1, 0.15) is 0 Å². The largest absolute Gasteiger partial charge is 0.440 e. The molecule has 0 spiro atoms. The van der Waals surface area contributed by atoms with Crippen molar-refractivity contribution in [3.8, 4) is 22.5 Å². The molecular weight excluding hydrogens is 448 g/mol. The van der Waals surface area contributed by atoms with E-state index < -0.39 is 0 Å². The van der Waals surface area contributed by atoms with E-state index in [0.717, 1.165) is 29.9 Å². The molecule has 1 saturated heterocycles. The maximum absolute atomic E-state index is 12.6. The minimum Gasteiger partial charge on any atom is -0.440 e. The van der Waals surface area contributed by atoms with E-state index in [9.17, 15) is 4.79 Å². The van der Waals surface area contributed by atoms with Gasteiger partial charge in [0.15, 0.2) is 11.7 Å². The molecule has 0 saturated carbocycles. The van der Waals surface area contributed by atoms with Crippen molar-refractivity contribution in [2.45, 2.75) is 33.1 Å². The molecule has 1 aliphatic heterocycles. The average molecular weight is 483 g/mol. The zero-order valence-electron chi connectivity index (χ0n) is 21.4. The van der Waals surface area contributed by atoms with Crippen molar-refractivity contribution >= 4 is 5.69 Å². The number of nitrogens with zero attached hydrogens (tertiary/aromatic N) is 3. The number of H-pyrrole nitrogens is 1. The van der Waals surface area contributed by atoms with Crippen LogP contribution in [-0.4, -0.2) is 48.1 Å².